The van der Waals surface area contributed by atoms with Gasteiger partial charge in [-0.2, -0.15) is 0 Å². The van der Waals surface area contributed by atoms with Crippen LogP contribution in [0, 0.1) is 6.92 Å². The third-order valence-electron chi connectivity index (χ3n) is 3.58. The van der Waals surface area contributed by atoms with Crippen LogP contribution in [0.1, 0.15) is 5.69 Å². The highest BCUT2D eigenvalue weighted by Gasteiger charge is 2.14. The second-order valence-electron chi connectivity index (χ2n) is 5.29. The number of nitrogens with zero attached hydrogens (tertiary/aromatic N) is 1. The highest BCUT2D eigenvalue weighted by Crippen LogP contribution is 2.32. The number of rotatable bonds is 3. The Morgan fingerprint density at radius 2 is 1.75 bits per heavy atom. The molecule has 122 valence electrons. The number of aryl methyl sites for hydroxylation is 1. The quantitative estimate of drug-likeness (QED) is 0.707. The lowest BCUT2D eigenvalue weighted by atomic mass is 10.0. The Hall–Kier alpha value is -2.24. The van der Waals surface area contributed by atoms with Gasteiger partial charge in [-0.1, -0.05) is 23.7 Å². The van der Waals surface area contributed by atoms with Crippen molar-refractivity contribution in [1.29, 1.82) is 0 Å². The average Bonchev–Trinajstić information content (AvgIpc) is 2.58. The summed E-state index contributed by atoms with van der Waals surface area (Å²) in [6.07, 6.45) is 3.28. The van der Waals surface area contributed by atoms with E-state index in [9.17, 15) is 9.00 Å². The summed E-state index contributed by atoms with van der Waals surface area (Å²) in [6, 6.07) is 12.5. The van der Waals surface area contributed by atoms with Crippen molar-refractivity contribution in [3.05, 3.63) is 69.8 Å². The Balaban J connectivity index is 2.19. The normalized spacial score (nSPS) is 12.1. The molecule has 1 aromatic carbocycles. The second-order valence-corrected chi connectivity index (χ2v) is 7.08. The molecular weight excluding hydrogens is 346 g/mol. The molecule has 1 atom stereocenters. The molecule has 0 fully saturated rings. The van der Waals surface area contributed by atoms with Crippen LogP contribution >= 0.6 is 11.6 Å². The SMILES string of the molecule is Cc1ccc(-c2oc(=O)c(Cl)cc2-c2ccc(S(C)=O)cc2)cn1. The van der Waals surface area contributed by atoms with Crippen LogP contribution in [0.4, 0.5) is 0 Å². The summed E-state index contributed by atoms with van der Waals surface area (Å²) in [4.78, 5) is 16.8. The molecule has 0 amide bonds. The summed E-state index contributed by atoms with van der Waals surface area (Å²) >= 11 is 5.96. The van der Waals surface area contributed by atoms with Crippen molar-refractivity contribution in [2.45, 2.75) is 11.8 Å². The summed E-state index contributed by atoms with van der Waals surface area (Å²) in [5.41, 5.74) is 2.45. The molecular formula is C18H14ClNO3S. The predicted octanol–water partition coefficient (Wildman–Crippen LogP) is 4.07. The Kier molecular flexibility index (Phi) is 4.64. The van der Waals surface area contributed by atoms with Gasteiger partial charge in [-0.15, -0.1) is 0 Å². The first-order valence-corrected chi connectivity index (χ1v) is 9.10. The highest BCUT2D eigenvalue weighted by molar-refractivity contribution is 7.84. The lowest BCUT2D eigenvalue weighted by Crippen LogP contribution is -2.02. The Labute approximate surface area is 146 Å². The maximum atomic E-state index is 11.8. The minimum atomic E-state index is -1.06. The van der Waals surface area contributed by atoms with Gasteiger partial charge in [-0.05, 0) is 42.8 Å². The Morgan fingerprint density at radius 1 is 1.08 bits per heavy atom. The van der Waals surface area contributed by atoms with Crippen LogP contribution in [0.25, 0.3) is 22.5 Å². The van der Waals surface area contributed by atoms with Gasteiger partial charge in [-0.3, -0.25) is 9.19 Å². The lowest BCUT2D eigenvalue weighted by molar-refractivity contribution is 0.527. The van der Waals surface area contributed by atoms with Crippen molar-refractivity contribution in [3.8, 4) is 22.5 Å². The van der Waals surface area contributed by atoms with Crippen LogP contribution in [-0.2, 0) is 10.8 Å². The molecule has 0 radical (unpaired) electrons. The van der Waals surface area contributed by atoms with E-state index in [1.807, 2.05) is 31.2 Å². The van der Waals surface area contributed by atoms with E-state index in [0.29, 0.717) is 16.9 Å². The summed E-state index contributed by atoms with van der Waals surface area (Å²) in [6.45, 7) is 1.88. The van der Waals surface area contributed by atoms with Crippen LogP contribution < -0.4 is 5.63 Å². The van der Waals surface area contributed by atoms with Crippen molar-refractivity contribution in [1.82, 2.24) is 4.98 Å². The van der Waals surface area contributed by atoms with E-state index in [0.717, 1.165) is 16.2 Å². The fourth-order valence-electron chi connectivity index (χ4n) is 2.30. The van der Waals surface area contributed by atoms with Crippen LogP contribution in [0.2, 0.25) is 5.02 Å². The second kappa shape index (κ2) is 6.71. The smallest absolute Gasteiger partial charge is 0.355 e. The summed E-state index contributed by atoms with van der Waals surface area (Å²) in [5.74, 6) is 0.405. The monoisotopic (exact) mass is 359 g/mol. The molecule has 0 aliphatic carbocycles. The van der Waals surface area contributed by atoms with Gasteiger partial charge in [0, 0.05) is 45.0 Å². The fraction of sp³-hybridized carbons (Fsp3) is 0.111. The molecule has 3 rings (SSSR count). The van der Waals surface area contributed by atoms with Crippen molar-refractivity contribution >= 4 is 22.4 Å². The zero-order chi connectivity index (χ0) is 17.3. The molecule has 1 unspecified atom stereocenters. The fourth-order valence-corrected chi connectivity index (χ4v) is 2.97. The third kappa shape index (κ3) is 3.32. The highest BCUT2D eigenvalue weighted by atomic mass is 35.5. The van der Waals surface area contributed by atoms with Gasteiger partial charge >= 0.3 is 5.63 Å². The van der Waals surface area contributed by atoms with E-state index < -0.39 is 16.4 Å². The number of aromatic nitrogens is 1. The largest absolute Gasteiger partial charge is 0.421 e. The molecule has 0 bridgehead atoms. The molecule has 24 heavy (non-hydrogen) atoms. The topological polar surface area (TPSA) is 60.2 Å². The molecule has 3 aromatic rings. The average molecular weight is 360 g/mol. The van der Waals surface area contributed by atoms with Crippen molar-refractivity contribution in [3.63, 3.8) is 0 Å². The number of halogens is 1. The maximum absolute atomic E-state index is 11.8. The van der Waals surface area contributed by atoms with E-state index in [-0.39, 0.29) is 5.02 Å². The van der Waals surface area contributed by atoms with Gasteiger partial charge in [0.1, 0.15) is 10.8 Å². The lowest BCUT2D eigenvalue weighted by Gasteiger charge is -2.09. The first-order valence-electron chi connectivity index (χ1n) is 7.16. The van der Waals surface area contributed by atoms with Crippen LogP contribution in [0.5, 0.6) is 0 Å². The molecule has 6 heteroatoms. The minimum Gasteiger partial charge on any atom is -0.421 e. The first kappa shape index (κ1) is 16.6. The molecule has 0 saturated heterocycles. The van der Waals surface area contributed by atoms with Gasteiger partial charge in [0.05, 0.1) is 0 Å². The molecule has 0 spiro atoms. The first-order chi connectivity index (χ1) is 11.5. The van der Waals surface area contributed by atoms with E-state index in [2.05, 4.69) is 4.98 Å². The molecule has 0 aliphatic rings. The Morgan fingerprint density at radius 3 is 2.33 bits per heavy atom. The standard InChI is InChI=1S/C18H14ClNO3S/c1-11-3-4-13(10-20-11)17-15(9-16(19)18(21)23-17)12-5-7-14(8-6-12)24(2)22/h3-10H,1-2H3. The zero-order valence-corrected chi connectivity index (χ0v) is 14.6. The number of hydrogen-bond donors (Lipinski definition) is 0. The van der Waals surface area contributed by atoms with E-state index in [1.165, 1.54) is 0 Å². The predicted molar refractivity (Wildman–Crippen MR) is 95.7 cm³/mol. The van der Waals surface area contributed by atoms with Crippen LogP contribution in [-0.4, -0.2) is 15.4 Å². The summed E-state index contributed by atoms with van der Waals surface area (Å²) in [7, 11) is -1.06. The van der Waals surface area contributed by atoms with Gasteiger partial charge < -0.3 is 4.42 Å². The minimum absolute atomic E-state index is 0.0111. The number of benzene rings is 1. The third-order valence-corrected chi connectivity index (χ3v) is 4.78. The van der Waals surface area contributed by atoms with E-state index >= 15 is 0 Å². The molecule has 2 aromatic heterocycles. The van der Waals surface area contributed by atoms with Crippen LogP contribution in [0.15, 0.2) is 62.8 Å². The zero-order valence-electron chi connectivity index (χ0n) is 13.1. The summed E-state index contributed by atoms with van der Waals surface area (Å²) in [5, 5.41) is 0.0111. The van der Waals surface area contributed by atoms with E-state index in [1.54, 1.807) is 30.7 Å². The Bertz CT molecular complexity index is 963. The van der Waals surface area contributed by atoms with Gasteiger partial charge in [-0.25, -0.2) is 4.79 Å². The van der Waals surface area contributed by atoms with Gasteiger partial charge in [0.2, 0.25) is 0 Å². The molecule has 0 saturated carbocycles. The maximum Gasteiger partial charge on any atom is 0.355 e. The van der Waals surface area contributed by atoms with Crippen molar-refractivity contribution in [2.24, 2.45) is 0 Å². The number of pyridine rings is 1. The van der Waals surface area contributed by atoms with E-state index in [4.69, 9.17) is 16.0 Å². The number of hydrogen-bond acceptors (Lipinski definition) is 4. The molecule has 2 heterocycles. The van der Waals surface area contributed by atoms with Gasteiger partial charge in [0.15, 0.2) is 0 Å². The van der Waals surface area contributed by atoms with Gasteiger partial charge in [0.25, 0.3) is 0 Å². The van der Waals surface area contributed by atoms with Crippen molar-refractivity contribution in [2.75, 3.05) is 6.26 Å². The van der Waals surface area contributed by atoms with Crippen LogP contribution in [0.3, 0.4) is 0 Å². The summed E-state index contributed by atoms with van der Waals surface area (Å²) < 4.78 is 16.9. The molecule has 4 nitrogen and oxygen atoms in total. The molecule has 0 aliphatic heterocycles. The molecule has 0 N–H and O–H groups in total. The van der Waals surface area contributed by atoms with Crippen molar-refractivity contribution < 1.29 is 8.63 Å².